The van der Waals surface area contributed by atoms with E-state index >= 15 is 0 Å². The molecule has 1 heterocycles. The van der Waals surface area contributed by atoms with Crippen LogP contribution in [-0.4, -0.2) is 23.3 Å². The molecule has 0 atom stereocenters. The Balaban J connectivity index is 1.91. The summed E-state index contributed by atoms with van der Waals surface area (Å²) >= 11 is 0. The monoisotopic (exact) mass is 351 g/mol. The van der Waals surface area contributed by atoms with Crippen LogP contribution in [0.15, 0.2) is 89.9 Å². The summed E-state index contributed by atoms with van der Waals surface area (Å²) < 4.78 is 5.24. The average molecular weight is 351 g/mol. The first-order valence-electron chi connectivity index (χ1n) is 8.63. The molecule has 0 saturated heterocycles. The van der Waals surface area contributed by atoms with Crippen molar-refractivity contribution in [3.8, 4) is 5.75 Å². The van der Waals surface area contributed by atoms with Gasteiger partial charge in [0.1, 0.15) is 5.75 Å². The third-order valence-electron chi connectivity index (χ3n) is 4.49. The Labute approximate surface area is 157 Å². The van der Waals surface area contributed by atoms with Crippen LogP contribution >= 0.6 is 0 Å². The lowest BCUT2D eigenvalue weighted by Crippen LogP contribution is -2.14. The first-order chi connectivity index (χ1) is 13.3. The summed E-state index contributed by atoms with van der Waals surface area (Å²) in [5, 5.41) is 0. The SMILES string of the molecule is COc1ccc(C2=NC(c3ccccc3)=C(c3ccccc3)C2=[N+]=[N-])cc1. The summed E-state index contributed by atoms with van der Waals surface area (Å²) in [5.41, 5.74) is 15.3. The largest absolute Gasteiger partial charge is 0.497 e. The number of ether oxygens (including phenoxy) is 1. The molecule has 0 amide bonds. The van der Waals surface area contributed by atoms with Crippen molar-refractivity contribution in [1.82, 2.24) is 0 Å². The quantitative estimate of drug-likeness (QED) is 0.495. The van der Waals surface area contributed by atoms with E-state index < -0.39 is 0 Å². The van der Waals surface area contributed by atoms with Crippen molar-refractivity contribution in [3.63, 3.8) is 0 Å². The molecule has 0 aromatic heterocycles. The molecule has 3 aromatic carbocycles. The van der Waals surface area contributed by atoms with Gasteiger partial charge in [0.2, 0.25) is 0 Å². The first-order valence-corrected chi connectivity index (χ1v) is 8.63. The fourth-order valence-electron chi connectivity index (χ4n) is 3.18. The molecular weight excluding hydrogens is 334 g/mol. The summed E-state index contributed by atoms with van der Waals surface area (Å²) in [7, 11) is 1.63. The minimum atomic E-state index is 0.463. The Morgan fingerprint density at radius 3 is 1.89 bits per heavy atom. The van der Waals surface area contributed by atoms with Crippen molar-refractivity contribution in [3.05, 3.63) is 107 Å². The van der Waals surface area contributed by atoms with Gasteiger partial charge in [0.05, 0.1) is 18.4 Å². The Hall–Kier alpha value is -3.75. The smallest absolute Gasteiger partial charge is 0.351 e. The van der Waals surface area contributed by atoms with E-state index in [0.717, 1.165) is 33.7 Å². The predicted octanol–water partition coefficient (Wildman–Crippen LogP) is 4.74. The van der Waals surface area contributed by atoms with Crippen molar-refractivity contribution < 1.29 is 9.53 Å². The van der Waals surface area contributed by atoms with Crippen LogP contribution in [0.1, 0.15) is 16.7 Å². The molecule has 1 aliphatic rings. The lowest BCUT2D eigenvalue weighted by Gasteiger charge is -2.04. The molecule has 3 aromatic rings. The van der Waals surface area contributed by atoms with Crippen LogP contribution in [0.5, 0.6) is 5.75 Å². The van der Waals surface area contributed by atoms with E-state index in [9.17, 15) is 5.53 Å². The van der Waals surface area contributed by atoms with Gasteiger partial charge in [-0.3, -0.25) is 0 Å². The van der Waals surface area contributed by atoms with Crippen molar-refractivity contribution in [1.29, 1.82) is 0 Å². The highest BCUT2D eigenvalue weighted by Gasteiger charge is 2.35. The summed E-state index contributed by atoms with van der Waals surface area (Å²) in [6.07, 6.45) is 0. The Morgan fingerprint density at radius 2 is 1.33 bits per heavy atom. The molecule has 4 heteroatoms. The minimum Gasteiger partial charge on any atom is -0.497 e. The first kappa shape index (κ1) is 16.7. The average Bonchev–Trinajstić information content (AvgIpc) is 3.14. The van der Waals surface area contributed by atoms with Crippen LogP contribution in [0.25, 0.3) is 16.8 Å². The molecule has 27 heavy (non-hydrogen) atoms. The summed E-state index contributed by atoms with van der Waals surface area (Å²) in [5.74, 6) is 0.763. The number of aliphatic imine (C=N–C) groups is 1. The third kappa shape index (κ3) is 3.10. The molecule has 0 bridgehead atoms. The van der Waals surface area contributed by atoms with E-state index in [2.05, 4.69) is 4.79 Å². The summed E-state index contributed by atoms with van der Waals surface area (Å²) in [4.78, 5) is 8.48. The zero-order valence-electron chi connectivity index (χ0n) is 14.8. The fraction of sp³-hybridized carbons (Fsp3) is 0.0435. The van der Waals surface area contributed by atoms with E-state index in [-0.39, 0.29) is 0 Å². The van der Waals surface area contributed by atoms with Gasteiger partial charge in [-0.1, -0.05) is 60.7 Å². The minimum absolute atomic E-state index is 0.463. The topological polar surface area (TPSA) is 58.0 Å². The van der Waals surface area contributed by atoms with Gasteiger partial charge in [0, 0.05) is 11.1 Å². The number of benzene rings is 3. The van der Waals surface area contributed by atoms with Crippen LogP contribution in [-0.2, 0) is 0 Å². The fourth-order valence-corrected chi connectivity index (χ4v) is 3.18. The van der Waals surface area contributed by atoms with E-state index in [1.807, 2.05) is 84.9 Å². The van der Waals surface area contributed by atoms with E-state index in [1.165, 1.54) is 0 Å². The molecule has 130 valence electrons. The second-order valence-corrected chi connectivity index (χ2v) is 6.09. The number of methoxy groups -OCH3 is 1. The number of allylic oxidation sites excluding steroid dienone is 1. The molecule has 4 nitrogen and oxygen atoms in total. The van der Waals surface area contributed by atoms with Crippen molar-refractivity contribution >= 4 is 22.7 Å². The number of nitrogens with zero attached hydrogens (tertiary/aromatic N) is 3. The lowest BCUT2D eigenvalue weighted by molar-refractivity contribution is 0.00120. The Kier molecular flexibility index (Phi) is 4.48. The third-order valence-corrected chi connectivity index (χ3v) is 4.49. The van der Waals surface area contributed by atoms with Crippen LogP contribution in [0.2, 0.25) is 0 Å². The summed E-state index contributed by atoms with van der Waals surface area (Å²) in [6.45, 7) is 0. The maximum Gasteiger partial charge on any atom is 0.351 e. The van der Waals surface area contributed by atoms with Gasteiger partial charge >= 0.3 is 5.71 Å². The van der Waals surface area contributed by atoms with Gasteiger partial charge in [0.15, 0.2) is 5.71 Å². The Bertz CT molecular complexity index is 1080. The molecule has 0 spiro atoms. The van der Waals surface area contributed by atoms with Crippen molar-refractivity contribution in [2.45, 2.75) is 0 Å². The molecule has 0 fully saturated rings. The molecule has 1 aliphatic heterocycles. The van der Waals surface area contributed by atoms with Gasteiger partial charge in [-0.25, -0.2) is 4.99 Å². The van der Waals surface area contributed by atoms with E-state index in [1.54, 1.807) is 7.11 Å². The van der Waals surface area contributed by atoms with Gasteiger partial charge in [-0.2, -0.15) is 4.79 Å². The van der Waals surface area contributed by atoms with Gasteiger partial charge < -0.3 is 10.3 Å². The second kappa shape index (κ2) is 7.24. The number of rotatable bonds is 4. The predicted molar refractivity (Wildman–Crippen MR) is 108 cm³/mol. The lowest BCUT2D eigenvalue weighted by atomic mass is 9.94. The molecule has 0 radical (unpaired) electrons. The highest BCUT2D eigenvalue weighted by atomic mass is 16.5. The van der Waals surface area contributed by atoms with Gasteiger partial charge in [0.25, 0.3) is 0 Å². The molecule has 0 saturated carbocycles. The molecule has 0 aliphatic carbocycles. The highest BCUT2D eigenvalue weighted by molar-refractivity contribution is 6.65. The molecule has 0 unspecified atom stereocenters. The maximum atomic E-state index is 9.84. The van der Waals surface area contributed by atoms with Gasteiger partial charge in [-0.05, 0) is 29.8 Å². The molecular formula is C23H17N3O. The standard InChI is InChI=1S/C23H17N3O/c1-27-19-14-12-18(13-15-19)22-23(26-24)20(16-8-4-2-5-9-16)21(25-22)17-10-6-3-7-11-17/h2-15H,1H3. The number of hydrogen-bond donors (Lipinski definition) is 0. The normalized spacial score (nSPS) is 13.4. The van der Waals surface area contributed by atoms with Crippen molar-refractivity contribution in [2.24, 2.45) is 4.99 Å². The zero-order chi connectivity index (χ0) is 18.6. The Morgan fingerprint density at radius 1 is 0.741 bits per heavy atom. The summed E-state index contributed by atoms with van der Waals surface area (Å²) in [6, 6.07) is 27.4. The highest BCUT2D eigenvalue weighted by Crippen LogP contribution is 2.35. The van der Waals surface area contributed by atoms with Crippen LogP contribution < -0.4 is 4.74 Å². The zero-order valence-corrected chi connectivity index (χ0v) is 14.8. The second-order valence-electron chi connectivity index (χ2n) is 6.09. The van der Waals surface area contributed by atoms with Gasteiger partial charge in [-0.15, -0.1) is 0 Å². The molecule has 0 N–H and O–H groups in total. The van der Waals surface area contributed by atoms with E-state index in [0.29, 0.717) is 11.4 Å². The number of hydrogen-bond acceptors (Lipinski definition) is 2. The van der Waals surface area contributed by atoms with Crippen LogP contribution in [0, 0.1) is 0 Å². The molecule has 4 rings (SSSR count). The van der Waals surface area contributed by atoms with Crippen molar-refractivity contribution in [2.75, 3.05) is 7.11 Å². The maximum absolute atomic E-state index is 9.84. The van der Waals surface area contributed by atoms with E-state index in [4.69, 9.17) is 9.73 Å². The van der Waals surface area contributed by atoms with Crippen LogP contribution in [0.3, 0.4) is 0 Å². The van der Waals surface area contributed by atoms with Crippen LogP contribution in [0.4, 0.5) is 0 Å².